The third-order valence-electron chi connectivity index (χ3n) is 8.41. The van der Waals surface area contributed by atoms with E-state index in [1.54, 1.807) is 0 Å². The van der Waals surface area contributed by atoms with E-state index in [2.05, 4.69) is 48.0 Å². The van der Waals surface area contributed by atoms with E-state index in [9.17, 15) is 9.59 Å². The van der Waals surface area contributed by atoms with Crippen LogP contribution in [0.5, 0.6) is 0 Å². The summed E-state index contributed by atoms with van der Waals surface area (Å²) in [6.07, 6.45) is 6.30. The molecule has 0 spiro atoms. The van der Waals surface area contributed by atoms with Crippen LogP contribution >= 0.6 is 11.6 Å². The molecule has 0 saturated heterocycles. The number of primary amides is 1. The number of aromatic nitrogens is 1. The number of rotatable bonds is 15. The molecule has 0 fully saturated rings. The average molecular weight is 592 g/mol. The van der Waals surface area contributed by atoms with E-state index in [-0.39, 0.29) is 18.4 Å². The first-order chi connectivity index (χ1) is 20.4. The average Bonchev–Trinajstić information content (AvgIpc) is 3.00. The molecule has 0 aliphatic heterocycles. The fourth-order valence-corrected chi connectivity index (χ4v) is 6.45. The van der Waals surface area contributed by atoms with Gasteiger partial charge in [0.2, 0.25) is 5.91 Å². The number of unbranched alkanes of at least 4 members (excludes halogenated alkanes) is 1. The highest BCUT2D eigenvalue weighted by molar-refractivity contribution is 6.36. The lowest BCUT2D eigenvalue weighted by atomic mass is 9.89. The maximum atomic E-state index is 13.6. The van der Waals surface area contributed by atoms with E-state index in [4.69, 9.17) is 22.3 Å². The molecule has 7 nitrogen and oxygen atoms in total. The van der Waals surface area contributed by atoms with Crippen LogP contribution in [0.2, 0.25) is 5.02 Å². The lowest BCUT2D eigenvalue weighted by Gasteiger charge is -2.32. The van der Waals surface area contributed by atoms with E-state index >= 15 is 0 Å². The van der Waals surface area contributed by atoms with Crippen molar-refractivity contribution in [3.05, 3.63) is 75.4 Å². The van der Waals surface area contributed by atoms with Gasteiger partial charge in [0.1, 0.15) is 0 Å². The standard InChI is InChI=1S/C34H46ClN5O2/c1-4-7-18-39(5-2)19-17-37-34(42)25-20-27(32-29(21-25)38-28-16-12-11-15-26(28)33(32)35)30(22-31(36)41)40(6-3)23-24-13-9-8-10-14-24/h8-10,13-14,20-21,30H,4-7,11-12,15-19,22-23H2,1-3H3,(H2,36,41)(H,37,42). The van der Waals surface area contributed by atoms with E-state index in [0.717, 1.165) is 85.9 Å². The molecule has 1 heterocycles. The van der Waals surface area contributed by atoms with Gasteiger partial charge in [-0.15, -0.1) is 0 Å². The summed E-state index contributed by atoms with van der Waals surface area (Å²) in [5.74, 6) is -0.549. The van der Waals surface area contributed by atoms with Gasteiger partial charge in [0.25, 0.3) is 5.91 Å². The topological polar surface area (TPSA) is 91.6 Å². The number of nitrogens with one attached hydrogen (secondary N) is 1. The monoisotopic (exact) mass is 591 g/mol. The number of carbonyl (C=O) groups is 2. The lowest BCUT2D eigenvalue weighted by molar-refractivity contribution is -0.119. The van der Waals surface area contributed by atoms with Crippen LogP contribution in [0.25, 0.3) is 10.9 Å². The Kier molecular flexibility index (Phi) is 11.8. The van der Waals surface area contributed by atoms with Crippen molar-refractivity contribution in [2.24, 2.45) is 5.73 Å². The summed E-state index contributed by atoms with van der Waals surface area (Å²) in [7, 11) is 0. The van der Waals surface area contributed by atoms with Gasteiger partial charge in [0.05, 0.1) is 10.5 Å². The van der Waals surface area contributed by atoms with E-state index in [0.29, 0.717) is 35.7 Å². The van der Waals surface area contributed by atoms with Gasteiger partial charge in [0, 0.05) is 48.7 Å². The highest BCUT2D eigenvalue weighted by atomic mass is 35.5. The minimum Gasteiger partial charge on any atom is -0.370 e. The highest BCUT2D eigenvalue weighted by Crippen LogP contribution is 2.40. The number of hydrogen-bond donors (Lipinski definition) is 2. The molecule has 8 heteroatoms. The molecule has 1 unspecified atom stereocenters. The van der Waals surface area contributed by atoms with Crippen LogP contribution in [0.15, 0.2) is 42.5 Å². The first-order valence-electron chi connectivity index (χ1n) is 15.6. The fraction of sp³-hybridized carbons (Fsp3) is 0.500. The molecule has 226 valence electrons. The summed E-state index contributed by atoms with van der Waals surface area (Å²) in [5.41, 5.74) is 11.1. The second-order valence-corrected chi connectivity index (χ2v) is 11.7. The molecule has 2 aromatic carbocycles. The number of amides is 2. The summed E-state index contributed by atoms with van der Waals surface area (Å²) >= 11 is 7.18. The molecule has 1 atom stereocenters. The van der Waals surface area contributed by atoms with Gasteiger partial charge in [-0.05, 0) is 80.6 Å². The second-order valence-electron chi connectivity index (χ2n) is 11.3. The normalized spacial score (nSPS) is 13.9. The van der Waals surface area contributed by atoms with Crippen LogP contribution in [0.4, 0.5) is 0 Å². The predicted octanol–water partition coefficient (Wildman–Crippen LogP) is 6.06. The number of carbonyl (C=O) groups excluding carboxylic acids is 2. The number of likely N-dealkylation sites (N-methyl/N-ethyl adjacent to an activating group) is 1. The van der Waals surface area contributed by atoms with Gasteiger partial charge in [0.15, 0.2) is 0 Å². The number of fused-ring (bicyclic) bond motifs is 2. The molecule has 2 amide bonds. The molecule has 0 radical (unpaired) electrons. The van der Waals surface area contributed by atoms with E-state index in [1.165, 1.54) is 0 Å². The highest BCUT2D eigenvalue weighted by Gasteiger charge is 2.28. The van der Waals surface area contributed by atoms with Gasteiger partial charge in [-0.3, -0.25) is 19.5 Å². The third-order valence-corrected chi connectivity index (χ3v) is 8.82. The van der Waals surface area contributed by atoms with Crippen molar-refractivity contribution in [1.82, 2.24) is 20.1 Å². The van der Waals surface area contributed by atoms with Gasteiger partial charge < -0.3 is 16.0 Å². The molecule has 3 aromatic rings. The molecule has 0 saturated carbocycles. The fourth-order valence-electron chi connectivity index (χ4n) is 6.04. The van der Waals surface area contributed by atoms with Crippen LogP contribution < -0.4 is 11.1 Å². The van der Waals surface area contributed by atoms with E-state index < -0.39 is 5.91 Å². The maximum absolute atomic E-state index is 13.6. The Bertz CT molecular complexity index is 1360. The summed E-state index contributed by atoms with van der Waals surface area (Å²) in [6.45, 7) is 11.1. The lowest BCUT2D eigenvalue weighted by Crippen LogP contribution is -2.35. The van der Waals surface area contributed by atoms with Crippen LogP contribution in [0.3, 0.4) is 0 Å². The second kappa shape index (κ2) is 15.5. The Morgan fingerprint density at radius 2 is 1.81 bits per heavy atom. The molecule has 1 aromatic heterocycles. The predicted molar refractivity (Wildman–Crippen MR) is 172 cm³/mol. The number of pyridine rings is 1. The Labute approximate surface area is 255 Å². The Morgan fingerprint density at radius 3 is 2.50 bits per heavy atom. The number of benzene rings is 2. The number of hydrogen-bond acceptors (Lipinski definition) is 5. The largest absolute Gasteiger partial charge is 0.370 e. The number of nitrogens with zero attached hydrogens (tertiary/aromatic N) is 3. The number of nitrogens with two attached hydrogens (primary N) is 1. The van der Waals surface area contributed by atoms with Crippen LogP contribution in [0.1, 0.15) is 91.7 Å². The minimum atomic E-state index is -0.400. The third kappa shape index (κ3) is 7.88. The molecule has 4 rings (SSSR count). The number of aryl methyl sites for hydroxylation is 1. The summed E-state index contributed by atoms with van der Waals surface area (Å²) in [6, 6.07) is 13.6. The zero-order chi connectivity index (χ0) is 30.1. The molecular weight excluding hydrogens is 546 g/mol. The first-order valence-corrected chi connectivity index (χ1v) is 16.0. The Balaban J connectivity index is 1.77. The van der Waals surface area contributed by atoms with E-state index in [1.807, 2.05) is 30.3 Å². The molecule has 42 heavy (non-hydrogen) atoms. The van der Waals surface area contributed by atoms with Crippen molar-refractivity contribution in [2.75, 3.05) is 32.7 Å². The van der Waals surface area contributed by atoms with Crippen molar-refractivity contribution < 1.29 is 9.59 Å². The van der Waals surface area contributed by atoms with Gasteiger partial charge in [-0.25, -0.2) is 0 Å². The molecule has 0 bridgehead atoms. The summed E-state index contributed by atoms with van der Waals surface area (Å²) in [4.78, 5) is 35.7. The molecule has 3 N–H and O–H groups in total. The maximum Gasteiger partial charge on any atom is 0.251 e. The van der Waals surface area contributed by atoms with Crippen molar-refractivity contribution in [2.45, 2.75) is 78.3 Å². The van der Waals surface area contributed by atoms with Gasteiger partial charge >= 0.3 is 0 Å². The molecular formula is C34H46ClN5O2. The first kappa shape index (κ1) is 31.9. The minimum absolute atomic E-state index is 0.108. The molecule has 1 aliphatic carbocycles. The zero-order valence-corrected chi connectivity index (χ0v) is 26.2. The Morgan fingerprint density at radius 1 is 1.05 bits per heavy atom. The summed E-state index contributed by atoms with van der Waals surface area (Å²) in [5, 5.41) is 4.64. The van der Waals surface area contributed by atoms with Crippen molar-refractivity contribution >= 4 is 34.3 Å². The quantitative estimate of drug-likeness (QED) is 0.224. The van der Waals surface area contributed by atoms with Crippen LogP contribution in [-0.2, 0) is 24.2 Å². The van der Waals surface area contributed by atoms with Crippen molar-refractivity contribution in [3.63, 3.8) is 0 Å². The van der Waals surface area contributed by atoms with Crippen LogP contribution in [0, 0.1) is 0 Å². The van der Waals surface area contributed by atoms with Crippen molar-refractivity contribution in [1.29, 1.82) is 0 Å². The molecule has 1 aliphatic rings. The SMILES string of the molecule is CCCCN(CC)CCNC(=O)c1cc(C(CC(N)=O)N(CC)Cc2ccccc2)c2c(Cl)c3c(nc2c1)CCCC3. The van der Waals surface area contributed by atoms with Crippen molar-refractivity contribution in [3.8, 4) is 0 Å². The Hall–Kier alpha value is -3.00. The van der Waals surface area contributed by atoms with Gasteiger partial charge in [-0.2, -0.15) is 0 Å². The summed E-state index contributed by atoms with van der Waals surface area (Å²) < 4.78 is 0. The van der Waals surface area contributed by atoms with Crippen LogP contribution in [-0.4, -0.2) is 59.3 Å². The number of halogens is 1. The smallest absolute Gasteiger partial charge is 0.251 e. The van der Waals surface area contributed by atoms with Gasteiger partial charge in [-0.1, -0.05) is 69.1 Å². The zero-order valence-electron chi connectivity index (χ0n) is 25.4.